The molecule has 0 fully saturated rings. The van der Waals surface area contributed by atoms with Crippen LogP contribution in [0.4, 0.5) is 13.2 Å². The first-order valence-electron chi connectivity index (χ1n) is 50.6. The van der Waals surface area contributed by atoms with Gasteiger partial charge in [0.05, 0.1) is 38.6 Å². The van der Waals surface area contributed by atoms with Gasteiger partial charge in [-0.25, -0.2) is 4.79 Å². The molecule has 18 rings (SSSR count). The Bertz CT molecular complexity index is 7520. The Kier molecular flexibility index (Phi) is 35.3. The number of aromatic amines is 7. The second-order valence-electron chi connectivity index (χ2n) is 45.4. The molecule has 0 unspecified atom stereocenters. The molecule has 0 radical (unpaired) electrons. The Labute approximate surface area is 871 Å². The van der Waals surface area contributed by atoms with E-state index in [0.717, 1.165) is 101 Å². The number of hydrogen-bond donors (Lipinski definition) is 9. The van der Waals surface area contributed by atoms with E-state index in [0.29, 0.717) is 59.3 Å². The van der Waals surface area contributed by atoms with Crippen molar-refractivity contribution in [3.8, 4) is 61.8 Å². The smallest absolute Gasteiger partial charge is 0.416 e. The van der Waals surface area contributed by atoms with Gasteiger partial charge >= 0.3 is 12.1 Å². The number of benzene rings is 11. The molecule has 0 saturated carbocycles. The van der Waals surface area contributed by atoms with Crippen LogP contribution >= 0.6 is 11.6 Å². The zero-order valence-electron chi connectivity index (χ0n) is 91.3. The summed E-state index contributed by atoms with van der Waals surface area (Å²) in [5.74, 6) is 2.86. The van der Waals surface area contributed by atoms with Gasteiger partial charge in [0.15, 0.2) is 0 Å². The second-order valence-corrected chi connectivity index (χ2v) is 45.9. The quantitative estimate of drug-likeness (QED) is 0.0398. The number of H-pyrrole nitrogens is 7. The molecule has 0 aliphatic heterocycles. The van der Waals surface area contributed by atoms with Gasteiger partial charge in [-0.3, -0.25) is 9.59 Å². The summed E-state index contributed by atoms with van der Waals surface area (Å²) in [5.41, 5.74) is 25.7. The van der Waals surface area contributed by atoms with Crippen LogP contribution in [0.25, 0.3) is 121 Å². The summed E-state index contributed by atoms with van der Waals surface area (Å²) in [7, 11) is 7.40. The molecule has 11 aromatic carbocycles. The molecule has 18 aromatic rings. The molecular weight excluding hydrogens is 1860 g/mol. The molecule has 9 N–H and O–H groups in total. The van der Waals surface area contributed by atoms with Gasteiger partial charge in [-0.2, -0.15) is 13.2 Å². The second kappa shape index (κ2) is 46.4. The van der Waals surface area contributed by atoms with Gasteiger partial charge in [-0.05, 0) is 335 Å². The van der Waals surface area contributed by atoms with E-state index in [1.807, 2.05) is 162 Å². The lowest BCUT2D eigenvalue weighted by Gasteiger charge is -2.24. The standard InChI is InChI=1S/C23H29N3O.C20H23NO.C19H20ClNO.C19H21NO.C17H24N2O.C15H19NO2.C13H14F3N/c1-23(2,3)20-15-21-18(10-11-24-21)14-19(20)16-6-8-17(9-7-16)22(27)25-12-13-26(4)5;1-5-22-19-9-7-6-8-15(19)16-12-14-10-11-21-18(14)13-17(16)20(2,3)4;1-19(2,3)16-11-17-12(7-8-21-17)9-15(16)14-6-5-13(20)10-18(14)22-4;1-19(2,3)16-12-17-13(9-10-20-17)11-15(16)14-7-5-6-8-18(14)21-4;1-11(2)10-19-16(20)13-8-12-6-7-18-15(12)9-14(13)17(3,4)5;1-5-18-14(17)11-8-10-6-7-16-13(10)9-12(11)15(2,3)4;1-12(2,3)9-7-11-8(4-5-17-11)6-10(9)13(14,15)16/h6-11,14-15,24H,12-13H2,1-5H3,(H,25,27);6-13,21H,5H2,1-4H3;5-11,21H,1-4H3;5-12,20H,1-4H3;6-9,11,18H,10H2,1-5H3,(H,19,20);6-9,16H,5H2,1-4H3;4-7,17H,1-3H3. The number of hydrogen-bond acceptors (Lipinski definition) is 8. The first-order chi connectivity index (χ1) is 69.1. The van der Waals surface area contributed by atoms with Gasteiger partial charge in [0.1, 0.15) is 17.2 Å². The minimum Gasteiger partial charge on any atom is -0.496 e. The highest BCUT2D eigenvalue weighted by Crippen LogP contribution is 2.47. The third-order valence-electron chi connectivity index (χ3n) is 25.8. The number of alkyl halides is 3. The third kappa shape index (κ3) is 28.1. The molecular formula is C126H150ClF3N10O7. The van der Waals surface area contributed by atoms with E-state index in [1.165, 1.54) is 83.2 Å². The van der Waals surface area contributed by atoms with E-state index >= 15 is 0 Å². The minimum absolute atomic E-state index is 0.0201. The zero-order valence-corrected chi connectivity index (χ0v) is 92.0. The van der Waals surface area contributed by atoms with Crippen molar-refractivity contribution in [2.75, 3.05) is 61.2 Å². The number of amides is 2. The predicted molar refractivity (Wildman–Crippen MR) is 609 cm³/mol. The van der Waals surface area contributed by atoms with Crippen molar-refractivity contribution >= 4 is 106 Å². The average molecular weight is 2010 g/mol. The summed E-state index contributed by atoms with van der Waals surface area (Å²) in [5, 5.41) is 14.2. The summed E-state index contributed by atoms with van der Waals surface area (Å²) in [4.78, 5) is 61.4. The molecule has 7 heterocycles. The summed E-state index contributed by atoms with van der Waals surface area (Å²) in [6.07, 6.45) is 9.06. The van der Waals surface area contributed by atoms with Gasteiger partial charge in [-0.15, -0.1) is 0 Å². The molecule has 2 amide bonds. The van der Waals surface area contributed by atoms with Crippen molar-refractivity contribution < 1.29 is 46.5 Å². The van der Waals surface area contributed by atoms with Crippen LogP contribution in [-0.2, 0) is 48.8 Å². The van der Waals surface area contributed by atoms with Crippen LogP contribution in [0.15, 0.2) is 262 Å². The van der Waals surface area contributed by atoms with E-state index in [-0.39, 0.29) is 50.3 Å². The highest BCUT2D eigenvalue weighted by Gasteiger charge is 2.38. The van der Waals surface area contributed by atoms with Crippen LogP contribution in [0, 0.1) is 5.92 Å². The number of carbonyl (C=O) groups is 3. The Morgan fingerprint density at radius 2 is 0.673 bits per heavy atom. The number of nitrogens with zero attached hydrogens (tertiary/aromatic N) is 1. The fraction of sp³-hybridized carbons (Fsp3) is 0.341. The lowest BCUT2D eigenvalue weighted by Crippen LogP contribution is -2.31. The highest BCUT2D eigenvalue weighted by molar-refractivity contribution is 6.31. The van der Waals surface area contributed by atoms with Gasteiger partial charge < -0.3 is 69.4 Å². The number of carbonyl (C=O) groups excluding carboxylic acids is 3. The van der Waals surface area contributed by atoms with E-state index in [9.17, 15) is 27.6 Å². The topological polar surface area (TPSA) is 226 Å². The number of rotatable bonds is 17. The van der Waals surface area contributed by atoms with Crippen molar-refractivity contribution in [1.82, 2.24) is 50.4 Å². The van der Waals surface area contributed by atoms with Crippen LogP contribution in [0.1, 0.15) is 249 Å². The van der Waals surface area contributed by atoms with Crippen LogP contribution in [0.5, 0.6) is 17.2 Å². The molecule has 0 spiro atoms. The molecule has 0 bridgehead atoms. The number of likely N-dealkylation sites (N-methyl/N-ethyl adjacent to an activating group) is 1. The van der Waals surface area contributed by atoms with Gasteiger partial charge in [0.2, 0.25) is 0 Å². The Balaban J connectivity index is 0.000000153. The Morgan fingerprint density at radius 3 is 1.04 bits per heavy atom. The fourth-order valence-electron chi connectivity index (χ4n) is 18.2. The summed E-state index contributed by atoms with van der Waals surface area (Å²) in [6, 6.07) is 73.1. The molecule has 0 aliphatic carbocycles. The third-order valence-corrected chi connectivity index (χ3v) is 26.1. The first kappa shape index (κ1) is 112. The predicted octanol–water partition coefficient (Wildman–Crippen LogP) is 32.9. The van der Waals surface area contributed by atoms with Crippen LogP contribution in [0.3, 0.4) is 0 Å². The minimum atomic E-state index is -4.31. The Hall–Kier alpha value is -14.0. The molecule has 17 nitrogen and oxygen atoms in total. The number of aromatic nitrogens is 7. The maximum Gasteiger partial charge on any atom is 0.416 e. The van der Waals surface area contributed by atoms with Crippen LogP contribution < -0.4 is 24.8 Å². The number of methoxy groups -OCH3 is 2. The number of fused-ring (bicyclic) bond motifs is 7. The van der Waals surface area contributed by atoms with Crippen molar-refractivity contribution in [2.24, 2.45) is 5.92 Å². The number of para-hydroxylation sites is 2. The number of nitrogens with one attached hydrogen (secondary N) is 9. The largest absolute Gasteiger partial charge is 0.496 e. The average Bonchev–Trinajstić information content (AvgIpc) is 1.66. The van der Waals surface area contributed by atoms with Crippen molar-refractivity contribution in [3.05, 3.63) is 328 Å². The lowest BCUT2D eigenvalue weighted by molar-refractivity contribution is -0.138. The van der Waals surface area contributed by atoms with E-state index in [1.54, 1.807) is 53.3 Å². The SMILES string of the molecule is CC(C)(C)c1cc2[nH]ccc2cc1C(F)(F)F.CC(C)CNC(=O)c1cc2cc[nH]c2cc1C(C)(C)C.CCOC(=O)c1cc2cc[nH]c2cc1C(C)(C)C.CCOc1ccccc1-c1cc2cc[nH]c2cc1C(C)(C)C.CN(C)CCNC(=O)c1ccc(-c2cc3cc[nH]c3cc2C(C)(C)C)cc1.COc1cc(Cl)ccc1-c1cc2cc[nH]c2cc1C(C)(C)C.COc1ccccc1-c1cc2cc[nH]c2cc1C(C)(C)C. The fourth-order valence-corrected chi connectivity index (χ4v) is 18.3. The summed E-state index contributed by atoms with van der Waals surface area (Å²) in [6.45, 7) is 56.2. The van der Waals surface area contributed by atoms with Gasteiger partial charge in [0, 0.05) is 145 Å². The van der Waals surface area contributed by atoms with Crippen molar-refractivity contribution in [3.63, 3.8) is 0 Å². The zero-order chi connectivity index (χ0) is 107. The van der Waals surface area contributed by atoms with E-state index in [4.69, 9.17) is 30.5 Å². The monoisotopic (exact) mass is 2010 g/mol. The summed E-state index contributed by atoms with van der Waals surface area (Å²) < 4.78 is 61.1. The van der Waals surface area contributed by atoms with E-state index < -0.39 is 17.2 Å². The normalized spacial score (nSPS) is 12.0. The molecule has 0 saturated heterocycles. The summed E-state index contributed by atoms with van der Waals surface area (Å²) >= 11 is 6.11. The lowest BCUT2D eigenvalue weighted by atomic mass is 9.81. The van der Waals surface area contributed by atoms with Crippen LogP contribution in [-0.4, -0.2) is 119 Å². The molecule has 7 aromatic heterocycles. The number of halogens is 4. The Morgan fingerprint density at radius 1 is 0.340 bits per heavy atom. The first-order valence-corrected chi connectivity index (χ1v) is 51.0. The maximum absolute atomic E-state index is 13.0. The maximum atomic E-state index is 13.0. The molecule has 0 atom stereocenters. The van der Waals surface area contributed by atoms with Gasteiger partial charge in [-0.1, -0.05) is 219 Å². The highest BCUT2D eigenvalue weighted by atomic mass is 35.5. The van der Waals surface area contributed by atoms with Crippen LogP contribution in [0.2, 0.25) is 5.02 Å². The molecule has 147 heavy (non-hydrogen) atoms. The molecule has 0 aliphatic rings. The van der Waals surface area contributed by atoms with E-state index in [2.05, 4.69) is 292 Å². The van der Waals surface area contributed by atoms with Gasteiger partial charge in [0.25, 0.3) is 11.8 Å². The van der Waals surface area contributed by atoms with Crippen molar-refractivity contribution in [1.29, 1.82) is 0 Å². The number of esters is 1. The molecule has 774 valence electrons. The number of ether oxygens (including phenoxy) is 4. The van der Waals surface area contributed by atoms with Crippen molar-refractivity contribution in [2.45, 2.75) is 217 Å². The molecule has 21 heteroatoms.